The number of carbonyl (C=O) groups is 2. The number of carbonyl (C=O) groups excluding carboxylic acids is 1. The van der Waals surface area contributed by atoms with Crippen molar-refractivity contribution in [3.8, 4) is 0 Å². The van der Waals surface area contributed by atoms with Gasteiger partial charge in [-0.2, -0.15) is 0 Å². The van der Waals surface area contributed by atoms with Gasteiger partial charge in [0.25, 0.3) is 0 Å². The Morgan fingerprint density at radius 1 is 1.28 bits per heavy atom. The Kier molecular flexibility index (Phi) is 9.17. The van der Waals surface area contributed by atoms with Gasteiger partial charge in [0.1, 0.15) is 0 Å². The van der Waals surface area contributed by atoms with E-state index < -0.39 is 24.2 Å². The number of nitrogens with one attached hydrogen (secondary N) is 1. The van der Waals surface area contributed by atoms with Crippen LogP contribution in [0.2, 0.25) is 0 Å². The molecule has 0 aliphatic heterocycles. The summed E-state index contributed by atoms with van der Waals surface area (Å²) in [6, 6.07) is -0.829. The first-order chi connectivity index (χ1) is 8.51. The van der Waals surface area contributed by atoms with E-state index in [0.717, 1.165) is 0 Å². The van der Waals surface area contributed by atoms with Crippen LogP contribution < -0.4 is 11.1 Å². The molecule has 7 heteroatoms. The third-order valence-electron chi connectivity index (χ3n) is 2.15. The first kappa shape index (κ1) is 16.8. The second kappa shape index (κ2) is 9.81. The molecule has 0 aromatic heterocycles. The van der Waals surface area contributed by atoms with Gasteiger partial charge in [-0.05, 0) is 20.3 Å². The van der Waals surface area contributed by atoms with Crippen LogP contribution in [0.5, 0.6) is 0 Å². The van der Waals surface area contributed by atoms with E-state index in [1.54, 1.807) is 0 Å². The predicted molar refractivity (Wildman–Crippen MR) is 64.9 cm³/mol. The van der Waals surface area contributed by atoms with Crippen molar-refractivity contribution in [1.82, 2.24) is 5.32 Å². The average molecular weight is 262 g/mol. The Morgan fingerprint density at radius 2 is 1.83 bits per heavy atom. The van der Waals surface area contributed by atoms with E-state index in [1.165, 1.54) is 0 Å². The highest BCUT2D eigenvalue weighted by Gasteiger charge is 2.16. The van der Waals surface area contributed by atoms with Crippen molar-refractivity contribution >= 4 is 11.9 Å². The smallest absolute Gasteiger partial charge is 0.303 e. The third kappa shape index (κ3) is 7.99. The zero-order valence-corrected chi connectivity index (χ0v) is 10.8. The minimum Gasteiger partial charge on any atom is -0.481 e. The van der Waals surface area contributed by atoms with Gasteiger partial charge >= 0.3 is 5.97 Å². The van der Waals surface area contributed by atoms with Crippen molar-refractivity contribution in [2.45, 2.75) is 39.0 Å². The maximum atomic E-state index is 11.5. The summed E-state index contributed by atoms with van der Waals surface area (Å²) in [6.45, 7) is 4.80. The number of nitrogens with two attached hydrogens (primary N) is 1. The van der Waals surface area contributed by atoms with E-state index in [0.29, 0.717) is 13.2 Å². The lowest BCUT2D eigenvalue weighted by atomic mass is 10.1. The van der Waals surface area contributed by atoms with Crippen LogP contribution in [0.4, 0.5) is 0 Å². The average Bonchev–Trinajstić information content (AvgIpc) is 2.33. The Labute approximate surface area is 107 Å². The maximum Gasteiger partial charge on any atom is 0.303 e. The van der Waals surface area contributed by atoms with Gasteiger partial charge in [0, 0.05) is 19.6 Å². The molecule has 0 aliphatic rings. The highest BCUT2D eigenvalue weighted by molar-refractivity contribution is 5.82. The molecule has 0 spiro atoms. The molecule has 0 saturated heterocycles. The zero-order valence-electron chi connectivity index (χ0n) is 10.8. The van der Waals surface area contributed by atoms with Crippen LogP contribution in [0.3, 0.4) is 0 Å². The van der Waals surface area contributed by atoms with Gasteiger partial charge in [0.2, 0.25) is 5.91 Å². The molecule has 0 rings (SSSR count). The number of ether oxygens (including phenoxy) is 2. The van der Waals surface area contributed by atoms with Crippen molar-refractivity contribution in [3.63, 3.8) is 0 Å². The summed E-state index contributed by atoms with van der Waals surface area (Å²) in [4.78, 5) is 21.9. The van der Waals surface area contributed by atoms with Crippen molar-refractivity contribution < 1.29 is 24.2 Å². The Morgan fingerprint density at radius 3 is 2.28 bits per heavy atom. The monoisotopic (exact) mass is 262 g/mol. The molecule has 7 nitrogen and oxygen atoms in total. The van der Waals surface area contributed by atoms with Gasteiger partial charge in [-0.25, -0.2) is 0 Å². The number of rotatable bonds is 10. The molecule has 1 atom stereocenters. The fraction of sp³-hybridized carbons (Fsp3) is 0.818. The summed E-state index contributed by atoms with van der Waals surface area (Å²) in [5.41, 5.74) is 5.54. The maximum absolute atomic E-state index is 11.5. The summed E-state index contributed by atoms with van der Waals surface area (Å²) in [6.07, 6.45) is -0.528. The first-order valence-electron chi connectivity index (χ1n) is 5.99. The number of hydrogen-bond acceptors (Lipinski definition) is 5. The fourth-order valence-electron chi connectivity index (χ4n) is 1.26. The molecule has 1 amide bonds. The van der Waals surface area contributed by atoms with Crippen molar-refractivity contribution in [2.75, 3.05) is 19.8 Å². The number of hydrogen-bond donors (Lipinski definition) is 3. The Hall–Kier alpha value is -1.18. The van der Waals surface area contributed by atoms with Crippen LogP contribution in [0.1, 0.15) is 26.7 Å². The quantitative estimate of drug-likeness (QED) is 0.466. The topological polar surface area (TPSA) is 111 Å². The second-order valence-corrected chi connectivity index (χ2v) is 3.62. The normalized spacial score (nSPS) is 12.4. The number of amides is 1. The summed E-state index contributed by atoms with van der Waals surface area (Å²) < 4.78 is 10.5. The van der Waals surface area contributed by atoms with Crippen LogP contribution >= 0.6 is 0 Å². The van der Waals surface area contributed by atoms with E-state index in [1.807, 2.05) is 13.8 Å². The van der Waals surface area contributed by atoms with E-state index in [2.05, 4.69) is 5.32 Å². The molecule has 0 aromatic rings. The molecule has 1 unspecified atom stereocenters. The second-order valence-electron chi connectivity index (χ2n) is 3.62. The highest BCUT2D eigenvalue weighted by atomic mass is 16.7. The fourth-order valence-corrected chi connectivity index (χ4v) is 1.26. The molecule has 18 heavy (non-hydrogen) atoms. The first-order valence-corrected chi connectivity index (χ1v) is 5.99. The third-order valence-corrected chi connectivity index (χ3v) is 2.15. The molecule has 0 heterocycles. The van der Waals surface area contributed by atoms with E-state index in [-0.39, 0.29) is 19.4 Å². The van der Waals surface area contributed by atoms with Crippen LogP contribution in [0.15, 0.2) is 0 Å². The molecule has 0 fully saturated rings. The molecule has 0 aliphatic carbocycles. The van der Waals surface area contributed by atoms with Crippen molar-refractivity contribution in [1.29, 1.82) is 0 Å². The van der Waals surface area contributed by atoms with Gasteiger partial charge in [0.05, 0.1) is 12.6 Å². The molecular weight excluding hydrogens is 240 g/mol. The Bertz CT molecular complexity index is 254. The minimum absolute atomic E-state index is 0.106. The molecule has 0 bridgehead atoms. The molecule has 4 N–H and O–H groups in total. The van der Waals surface area contributed by atoms with Crippen molar-refractivity contribution in [3.05, 3.63) is 0 Å². The van der Waals surface area contributed by atoms with Gasteiger partial charge in [-0.1, -0.05) is 0 Å². The summed E-state index contributed by atoms with van der Waals surface area (Å²) in [5, 5.41) is 11.0. The summed E-state index contributed by atoms with van der Waals surface area (Å²) in [5.74, 6) is -1.37. The molecule has 106 valence electrons. The predicted octanol–water partition coefficient (Wildman–Crippen LogP) is -0.306. The van der Waals surface area contributed by atoms with Gasteiger partial charge < -0.3 is 25.6 Å². The van der Waals surface area contributed by atoms with E-state index >= 15 is 0 Å². The lowest BCUT2D eigenvalue weighted by Gasteiger charge is -2.18. The van der Waals surface area contributed by atoms with Gasteiger partial charge in [-0.3, -0.25) is 9.59 Å². The highest BCUT2D eigenvalue weighted by Crippen LogP contribution is 1.97. The number of carboxylic acids is 1. The van der Waals surface area contributed by atoms with Crippen LogP contribution in [-0.4, -0.2) is 49.1 Å². The lowest BCUT2D eigenvalue weighted by molar-refractivity contribution is -0.141. The van der Waals surface area contributed by atoms with Crippen molar-refractivity contribution in [2.24, 2.45) is 5.73 Å². The van der Waals surface area contributed by atoms with Crippen LogP contribution in [0, 0.1) is 0 Å². The SMILES string of the molecule is CCOC(CNC(=O)C(N)CCC(=O)O)OCC. The molecule has 0 radical (unpaired) electrons. The van der Waals surface area contributed by atoms with E-state index in [9.17, 15) is 9.59 Å². The zero-order chi connectivity index (χ0) is 14.0. The Balaban J connectivity index is 3.94. The van der Waals surface area contributed by atoms with Gasteiger partial charge in [-0.15, -0.1) is 0 Å². The largest absolute Gasteiger partial charge is 0.481 e. The number of carboxylic acid groups (broad SMARTS) is 1. The van der Waals surface area contributed by atoms with E-state index in [4.69, 9.17) is 20.3 Å². The molecule has 0 saturated carbocycles. The van der Waals surface area contributed by atoms with Gasteiger partial charge in [0.15, 0.2) is 6.29 Å². The van der Waals surface area contributed by atoms with Crippen LogP contribution in [0.25, 0.3) is 0 Å². The summed E-state index contributed by atoms with van der Waals surface area (Å²) >= 11 is 0. The summed E-state index contributed by atoms with van der Waals surface area (Å²) in [7, 11) is 0. The van der Waals surface area contributed by atoms with Crippen LogP contribution in [-0.2, 0) is 19.1 Å². The molecular formula is C11H22N2O5. The lowest BCUT2D eigenvalue weighted by Crippen LogP contribution is -2.44. The minimum atomic E-state index is -0.972. The standard InChI is InChI=1S/C11H22N2O5/c1-3-17-10(18-4-2)7-13-11(16)8(12)5-6-9(14)15/h8,10H,3-7,12H2,1-2H3,(H,13,16)(H,14,15). The number of aliphatic carboxylic acids is 1. The molecule has 0 aromatic carbocycles.